The van der Waals surface area contributed by atoms with Gasteiger partial charge in [0.25, 0.3) is 0 Å². The molecule has 0 unspecified atom stereocenters. The van der Waals surface area contributed by atoms with Crippen LogP contribution in [0.4, 0.5) is 13.2 Å². The Balaban J connectivity index is 0.000000184. The Morgan fingerprint density at radius 3 is 2.35 bits per heavy atom. The molecule has 0 aliphatic rings. The molecule has 8 rings (SSSR count). The van der Waals surface area contributed by atoms with E-state index in [2.05, 4.69) is 4.98 Å². The first-order chi connectivity index (χ1) is 25.8. The van der Waals surface area contributed by atoms with Crippen molar-refractivity contribution in [2.75, 3.05) is 7.11 Å². The van der Waals surface area contributed by atoms with Gasteiger partial charge in [-0.3, -0.25) is 9.59 Å². The molecule has 0 amide bonds. The van der Waals surface area contributed by atoms with Gasteiger partial charge in [0, 0.05) is 17.7 Å². The van der Waals surface area contributed by atoms with Crippen LogP contribution >= 0.6 is 11.3 Å². The number of furan rings is 1. The van der Waals surface area contributed by atoms with E-state index in [4.69, 9.17) is 22.7 Å². The smallest absolute Gasteiger partial charge is 0.450 e. The Kier molecular flexibility index (Phi) is 9.16. The van der Waals surface area contributed by atoms with Gasteiger partial charge in [-0.25, -0.2) is 9.78 Å². The Hall–Kier alpha value is -6.87. The van der Waals surface area contributed by atoms with Crippen molar-refractivity contribution in [3.63, 3.8) is 0 Å². The summed E-state index contributed by atoms with van der Waals surface area (Å²) in [7, 11) is 1.56. The number of rotatable bonds is 5. The third-order valence-corrected chi connectivity index (χ3v) is 9.25. The van der Waals surface area contributed by atoms with Crippen LogP contribution in [0.5, 0.6) is 23.0 Å². The van der Waals surface area contributed by atoms with Crippen LogP contribution in [-0.4, -0.2) is 28.3 Å². The molecule has 0 saturated carbocycles. The lowest BCUT2D eigenvalue weighted by atomic mass is 10.0. The lowest BCUT2D eigenvalue weighted by Gasteiger charge is -2.13. The minimum absolute atomic E-state index is 0.0427. The van der Waals surface area contributed by atoms with Crippen molar-refractivity contribution in [3.8, 4) is 44.7 Å². The summed E-state index contributed by atoms with van der Waals surface area (Å²) in [5.74, 6) is -2.25. The second-order valence-corrected chi connectivity index (χ2v) is 12.6. The summed E-state index contributed by atoms with van der Waals surface area (Å²) in [5, 5.41) is 19.1. The number of phenols is 2. The zero-order valence-electron chi connectivity index (χ0n) is 27.9. The second-order valence-electron chi connectivity index (χ2n) is 11.6. The number of carbonyl (C=O) groups is 1. The molecule has 4 aromatic heterocycles. The summed E-state index contributed by atoms with van der Waals surface area (Å²) in [4.78, 5) is 42.1. The molecule has 11 nitrogen and oxygen atoms in total. The van der Waals surface area contributed by atoms with E-state index in [-0.39, 0.29) is 60.9 Å². The zero-order valence-corrected chi connectivity index (χ0v) is 28.7. The molecule has 0 atom stereocenters. The van der Waals surface area contributed by atoms with E-state index in [9.17, 15) is 37.8 Å². The monoisotopic (exact) mass is 755 g/mol. The Morgan fingerprint density at radius 2 is 1.67 bits per heavy atom. The van der Waals surface area contributed by atoms with Gasteiger partial charge in [-0.2, -0.15) is 13.2 Å². The number of phenolic OH excluding ortho intramolecular Hbond substituents is 2. The van der Waals surface area contributed by atoms with Crippen molar-refractivity contribution in [1.82, 2.24) is 4.98 Å². The van der Waals surface area contributed by atoms with E-state index >= 15 is 0 Å². The third-order valence-electron chi connectivity index (χ3n) is 8.19. The number of aromatic nitrogens is 1. The number of methoxy groups -OCH3 is 1. The van der Waals surface area contributed by atoms with Crippen LogP contribution in [0.1, 0.15) is 21.9 Å². The van der Waals surface area contributed by atoms with Crippen molar-refractivity contribution in [2.45, 2.75) is 13.1 Å². The van der Waals surface area contributed by atoms with Gasteiger partial charge in [0.05, 0.1) is 34.5 Å². The summed E-state index contributed by atoms with van der Waals surface area (Å²) in [6.45, 7) is 1.40. The number of alkyl halides is 3. The van der Waals surface area contributed by atoms with E-state index in [1.165, 1.54) is 49.8 Å². The highest BCUT2D eigenvalue weighted by atomic mass is 32.1. The van der Waals surface area contributed by atoms with Crippen LogP contribution in [0.3, 0.4) is 0 Å². The average molecular weight is 756 g/mol. The molecule has 4 heterocycles. The summed E-state index contributed by atoms with van der Waals surface area (Å²) in [5.41, 5.74) is -0.585. The van der Waals surface area contributed by atoms with Gasteiger partial charge in [0.1, 0.15) is 56.4 Å². The molecular weight excluding hydrogens is 731 g/mol. The van der Waals surface area contributed by atoms with Gasteiger partial charge in [-0.15, -0.1) is 11.3 Å². The normalized spacial score (nSPS) is 11.4. The lowest BCUT2D eigenvalue weighted by molar-refractivity contribution is -0.152. The number of aromatic hydroxyl groups is 2. The van der Waals surface area contributed by atoms with E-state index in [0.29, 0.717) is 27.1 Å². The number of hydrogen-bond acceptors (Lipinski definition) is 12. The highest BCUT2D eigenvalue weighted by Crippen LogP contribution is 2.41. The van der Waals surface area contributed by atoms with Gasteiger partial charge < -0.3 is 32.9 Å². The molecule has 54 heavy (non-hydrogen) atoms. The molecular formula is C39H24F3NO10S. The molecule has 0 aliphatic carbocycles. The van der Waals surface area contributed by atoms with Gasteiger partial charge in [-0.05, 0) is 61.0 Å². The predicted octanol–water partition coefficient (Wildman–Crippen LogP) is 9.09. The molecule has 0 radical (unpaired) electrons. The Bertz CT molecular complexity index is 2790. The molecule has 272 valence electrons. The standard InChI is InChI=1S/C23H12F3NO5S.C16H12O5/c1-11-14(31-22(29)15-6-4-10-30-15)9-8-12-18(28)17(20(23(24,25)26)32-19(11)12)21-27-13-5-2-3-7-16(13)33-21;1-20-11-4-2-9(3-5-11)12-8-21-14-7-10(17)6-13(18)15(14)16(12)19/h2-10H,1H3;2-8,17-18H,1H3. The van der Waals surface area contributed by atoms with Gasteiger partial charge in [0.15, 0.2) is 0 Å². The van der Waals surface area contributed by atoms with Crippen molar-refractivity contribution in [1.29, 1.82) is 0 Å². The van der Waals surface area contributed by atoms with Crippen molar-refractivity contribution in [3.05, 3.63) is 135 Å². The molecule has 4 aromatic carbocycles. The minimum Gasteiger partial charge on any atom is -0.508 e. The first-order valence-electron chi connectivity index (χ1n) is 15.7. The first-order valence-corrected chi connectivity index (χ1v) is 16.6. The van der Waals surface area contributed by atoms with Crippen LogP contribution in [0.25, 0.3) is 53.9 Å². The number of carbonyl (C=O) groups excluding carboxylic acids is 1. The molecule has 0 aliphatic heterocycles. The largest absolute Gasteiger partial charge is 0.508 e. The summed E-state index contributed by atoms with van der Waals surface area (Å²) < 4.78 is 68.4. The summed E-state index contributed by atoms with van der Waals surface area (Å²) in [6, 6.07) is 21.6. The zero-order chi connectivity index (χ0) is 38.3. The van der Waals surface area contributed by atoms with E-state index in [1.807, 2.05) is 0 Å². The van der Waals surface area contributed by atoms with Crippen molar-refractivity contribution >= 4 is 49.5 Å². The fourth-order valence-corrected chi connectivity index (χ4v) is 6.60. The number of para-hydroxylation sites is 1. The summed E-state index contributed by atoms with van der Waals surface area (Å²) >= 11 is 0.967. The van der Waals surface area contributed by atoms with Crippen LogP contribution in [0.15, 0.2) is 120 Å². The molecule has 0 fully saturated rings. The SMILES string of the molecule is COc1ccc(-c2coc3cc(O)cc(O)c3c2=O)cc1.Cc1c(OC(=O)c2ccco2)ccc2c(=O)c(-c3nc4ccccc4s3)c(C(F)(F)F)oc12. The average Bonchev–Trinajstić information content (AvgIpc) is 3.84. The number of fused-ring (bicyclic) bond motifs is 3. The molecule has 8 aromatic rings. The van der Waals surface area contributed by atoms with Crippen molar-refractivity contribution < 1.29 is 50.9 Å². The highest BCUT2D eigenvalue weighted by Gasteiger charge is 2.40. The lowest BCUT2D eigenvalue weighted by Crippen LogP contribution is -2.16. The Morgan fingerprint density at radius 1 is 0.907 bits per heavy atom. The van der Waals surface area contributed by atoms with Crippen molar-refractivity contribution in [2.24, 2.45) is 0 Å². The molecule has 0 saturated heterocycles. The maximum Gasteiger partial charge on any atom is 0.450 e. The molecule has 15 heteroatoms. The van der Waals surface area contributed by atoms with Crippen LogP contribution < -0.4 is 20.3 Å². The number of thiazole rings is 1. The number of halogens is 3. The van der Waals surface area contributed by atoms with E-state index < -0.39 is 28.9 Å². The van der Waals surface area contributed by atoms with Crippen LogP contribution in [-0.2, 0) is 6.18 Å². The topological polar surface area (TPSA) is 162 Å². The van der Waals surface area contributed by atoms with E-state index in [0.717, 1.165) is 17.4 Å². The van der Waals surface area contributed by atoms with Gasteiger partial charge in [-0.1, -0.05) is 24.3 Å². The third kappa shape index (κ3) is 6.63. The second kappa shape index (κ2) is 13.9. The highest BCUT2D eigenvalue weighted by molar-refractivity contribution is 7.21. The number of ether oxygens (including phenoxy) is 2. The molecule has 0 bridgehead atoms. The number of aryl methyl sites for hydroxylation is 1. The first kappa shape index (κ1) is 35.5. The molecule has 2 N–H and O–H groups in total. The van der Waals surface area contributed by atoms with Crippen LogP contribution in [0.2, 0.25) is 0 Å². The molecule has 0 spiro atoms. The quantitative estimate of drug-likeness (QED) is 0.127. The number of esters is 1. The Labute approximate surface area is 304 Å². The van der Waals surface area contributed by atoms with Gasteiger partial charge >= 0.3 is 12.1 Å². The fourth-order valence-electron chi connectivity index (χ4n) is 5.59. The summed E-state index contributed by atoms with van der Waals surface area (Å²) in [6.07, 6.45) is -2.37. The number of benzene rings is 4. The van der Waals surface area contributed by atoms with Crippen LogP contribution in [0, 0.1) is 6.92 Å². The number of nitrogens with zero attached hydrogens (tertiary/aromatic N) is 1. The maximum absolute atomic E-state index is 14.0. The van der Waals surface area contributed by atoms with E-state index in [1.54, 1.807) is 55.6 Å². The fraction of sp³-hybridized carbons (Fsp3) is 0.0769. The van der Waals surface area contributed by atoms with Gasteiger partial charge in [0.2, 0.25) is 22.4 Å². The maximum atomic E-state index is 14.0. The number of hydrogen-bond donors (Lipinski definition) is 2. The minimum atomic E-state index is -4.96. The predicted molar refractivity (Wildman–Crippen MR) is 192 cm³/mol.